The monoisotopic (exact) mass is 442 g/mol. The van der Waals surface area contributed by atoms with Crippen LogP contribution >= 0.6 is 0 Å². The van der Waals surface area contributed by atoms with Gasteiger partial charge in [-0.3, -0.25) is 0 Å². The summed E-state index contributed by atoms with van der Waals surface area (Å²) < 4.78 is 7.27. The summed E-state index contributed by atoms with van der Waals surface area (Å²) in [5, 5.41) is 18.1. The van der Waals surface area contributed by atoms with Crippen LogP contribution in [0.3, 0.4) is 0 Å². The van der Waals surface area contributed by atoms with Gasteiger partial charge >= 0.3 is 0 Å². The quantitative estimate of drug-likeness (QED) is 0.462. The van der Waals surface area contributed by atoms with Gasteiger partial charge in [-0.1, -0.05) is 26.7 Å². The van der Waals surface area contributed by atoms with Gasteiger partial charge in [0.25, 0.3) is 0 Å². The van der Waals surface area contributed by atoms with Gasteiger partial charge in [0, 0.05) is 24.8 Å². The average Bonchev–Trinajstić information content (AvgIpc) is 3.14. The maximum Gasteiger partial charge on any atom is 0.241 e. The molecule has 0 radical (unpaired) electrons. The van der Waals surface area contributed by atoms with Crippen molar-refractivity contribution >= 4 is 19.5 Å². The Bertz CT molecular complexity index is 913. The molecule has 31 heavy (non-hydrogen) atoms. The molecule has 1 saturated carbocycles. The zero-order valence-electron chi connectivity index (χ0n) is 19.7. The van der Waals surface area contributed by atoms with Gasteiger partial charge in [-0.05, 0) is 56.8 Å². The molecule has 0 aromatic carbocycles. The highest BCUT2D eigenvalue weighted by atomic mass is 28.3. The predicted molar refractivity (Wildman–Crippen MR) is 129 cm³/mol. The molecule has 6 nitrogen and oxygen atoms in total. The van der Waals surface area contributed by atoms with E-state index in [0.29, 0.717) is 18.5 Å². The van der Waals surface area contributed by atoms with Crippen LogP contribution in [-0.2, 0) is 4.74 Å². The van der Waals surface area contributed by atoms with Crippen LogP contribution in [0, 0.1) is 11.5 Å². The average molecular weight is 443 g/mol. The lowest BCUT2D eigenvalue weighted by atomic mass is 9.85. The Kier molecular flexibility index (Phi) is 8.15. The van der Waals surface area contributed by atoms with Crippen molar-refractivity contribution in [2.45, 2.75) is 89.6 Å². The largest absolute Gasteiger partial charge is 0.393 e. The molecule has 7 heteroatoms. The molecular formula is C24H38N4O2Si. The number of nitrogens with one attached hydrogen (secondary N) is 1. The third kappa shape index (κ3) is 5.49. The van der Waals surface area contributed by atoms with E-state index in [4.69, 9.17) is 9.84 Å². The minimum Gasteiger partial charge on any atom is -0.393 e. The van der Waals surface area contributed by atoms with E-state index in [1.54, 1.807) is 7.11 Å². The first-order valence-electron chi connectivity index (χ1n) is 11.8. The molecule has 2 heterocycles. The number of hydrogen-bond donors (Lipinski definition) is 2. The van der Waals surface area contributed by atoms with E-state index in [9.17, 15) is 5.11 Å². The van der Waals surface area contributed by atoms with Crippen molar-refractivity contribution in [3.63, 3.8) is 0 Å². The van der Waals surface area contributed by atoms with Crippen molar-refractivity contribution in [2.75, 3.05) is 19.0 Å². The Morgan fingerprint density at radius 3 is 2.52 bits per heavy atom. The molecule has 1 atom stereocenters. The highest BCUT2D eigenvalue weighted by Crippen LogP contribution is 2.34. The number of anilines is 1. The maximum absolute atomic E-state index is 9.97. The first kappa shape index (κ1) is 23.8. The van der Waals surface area contributed by atoms with Crippen LogP contribution in [0.1, 0.15) is 70.6 Å². The van der Waals surface area contributed by atoms with E-state index in [-0.39, 0.29) is 12.1 Å². The minimum absolute atomic E-state index is 0.121. The third-order valence-corrected chi connectivity index (χ3v) is 11.7. The maximum atomic E-state index is 9.97. The summed E-state index contributed by atoms with van der Waals surface area (Å²) in [6.45, 7) is 9.50. The third-order valence-electron chi connectivity index (χ3n) is 6.94. The molecule has 2 aromatic rings. The van der Waals surface area contributed by atoms with Gasteiger partial charge in [0.1, 0.15) is 8.07 Å². The van der Waals surface area contributed by atoms with Crippen molar-refractivity contribution < 1.29 is 9.84 Å². The van der Waals surface area contributed by atoms with Crippen molar-refractivity contribution in [1.82, 2.24) is 14.6 Å². The molecule has 2 aromatic heterocycles. The van der Waals surface area contributed by atoms with Crippen LogP contribution in [-0.4, -0.2) is 53.6 Å². The predicted octanol–water partition coefficient (Wildman–Crippen LogP) is 4.59. The van der Waals surface area contributed by atoms with Crippen LogP contribution in [0.25, 0.3) is 5.52 Å². The number of rotatable bonds is 8. The first-order valence-corrected chi connectivity index (χ1v) is 14.4. The van der Waals surface area contributed by atoms with E-state index < -0.39 is 8.07 Å². The molecular weight excluding hydrogens is 404 g/mol. The van der Waals surface area contributed by atoms with Crippen LogP contribution in [0.2, 0.25) is 18.1 Å². The number of ether oxygens (including phenoxy) is 1. The summed E-state index contributed by atoms with van der Waals surface area (Å²) >= 11 is 0. The summed E-state index contributed by atoms with van der Waals surface area (Å²) in [7, 11) is 0.156. The normalized spacial score (nSPS) is 20.3. The van der Waals surface area contributed by atoms with E-state index in [2.05, 4.69) is 55.5 Å². The zero-order valence-corrected chi connectivity index (χ0v) is 20.7. The fourth-order valence-corrected chi connectivity index (χ4v) is 7.00. The minimum atomic E-state index is -1.54. The highest BCUT2D eigenvalue weighted by Gasteiger charge is 2.26. The second kappa shape index (κ2) is 10.6. The Morgan fingerprint density at radius 1 is 1.23 bits per heavy atom. The van der Waals surface area contributed by atoms with Gasteiger partial charge in [0.15, 0.2) is 0 Å². The molecule has 0 saturated heterocycles. The Balaban J connectivity index is 2.03. The number of aliphatic hydroxyl groups excluding tert-OH is 1. The molecule has 1 aliphatic carbocycles. The topological polar surface area (TPSA) is 71.7 Å². The molecule has 2 N–H and O–H groups in total. The second-order valence-electron chi connectivity index (χ2n) is 8.96. The molecule has 3 rings (SSSR count). The molecule has 0 aliphatic heterocycles. The van der Waals surface area contributed by atoms with Gasteiger partial charge in [0.2, 0.25) is 5.95 Å². The number of aliphatic hydroxyl groups is 1. The van der Waals surface area contributed by atoms with Gasteiger partial charge in [0.05, 0.1) is 30.0 Å². The fourth-order valence-electron chi connectivity index (χ4n) is 4.57. The standard InChI is InChI=1S/C24H38N4O2Si/c1-6-31(7-2,8-3)14-13-20-15-22(19-9-11-21(29)12-10-19)28-23(20)16-25-24(27-28)26-18(4)17-30-5/h15-16,18-19,21,29H,6-12,17H2,1-5H3,(H,26,27)/t18-,19?,21?/m0/s1. The van der Waals surface area contributed by atoms with Crippen LogP contribution in [0.5, 0.6) is 0 Å². The molecule has 0 unspecified atom stereocenters. The number of fused-ring (bicyclic) bond motifs is 1. The van der Waals surface area contributed by atoms with Crippen LogP contribution < -0.4 is 5.32 Å². The van der Waals surface area contributed by atoms with Crippen molar-refractivity contribution in [3.05, 3.63) is 23.5 Å². The van der Waals surface area contributed by atoms with Gasteiger partial charge < -0.3 is 15.2 Å². The van der Waals surface area contributed by atoms with Crippen molar-refractivity contribution in [1.29, 1.82) is 0 Å². The summed E-state index contributed by atoms with van der Waals surface area (Å²) in [5.41, 5.74) is 6.92. The summed E-state index contributed by atoms with van der Waals surface area (Å²) in [6, 6.07) is 5.91. The fraction of sp³-hybridized carbons (Fsp3) is 0.667. The van der Waals surface area contributed by atoms with E-state index in [0.717, 1.165) is 36.8 Å². The summed E-state index contributed by atoms with van der Waals surface area (Å²) in [4.78, 5) is 4.57. The molecule has 0 amide bonds. The van der Waals surface area contributed by atoms with Crippen LogP contribution in [0.15, 0.2) is 12.3 Å². The van der Waals surface area contributed by atoms with Gasteiger partial charge in [-0.2, -0.15) is 0 Å². The van der Waals surface area contributed by atoms with Crippen molar-refractivity contribution in [2.24, 2.45) is 0 Å². The number of hydrogen-bond acceptors (Lipinski definition) is 5. The van der Waals surface area contributed by atoms with E-state index >= 15 is 0 Å². The van der Waals surface area contributed by atoms with Crippen molar-refractivity contribution in [3.8, 4) is 11.5 Å². The van der Waals surface area contributed by atoms with E-state index in [1.165, 1.54) is 23.8 Å². The number of methoxy groups -OCH3 is 1. The Labute approximate surface area is 187 Å². The lowest BCUT2D eigenvalue weighted by molar-refractivity contribution is 0.121. The Hall–Kier alpha value is -1.88. The molecule has 1 aliphatic rings. The van der Waals surface area contributed by atoms with Gasteiger partial charge in [-0.25, -0.2) is 9.50 Å². The van der Waals surface area contributed by atoms with Crippen LogP contribution in [0.4, 0.5) is 5.95 Å². The van der Waals surface area contributed by atoms with E-state index in [1.807, 2.05) is 10.7 Å². The lowest BCUT2D eigenvalue weighted by Gasteiger charge is -2.25. The second-order valence-corrected chi connectivity index (χ2v) is 13.9. The lowest BCUT2D eigenvalue weighted by Crippen LogP contribution is -2.29. The molecule has 0 spiro atoms. The summed E-state index contributed by atoms with van der Waals surface area (Å²) in [6.07, 6.45) is 5.37. The first-order chi connectivity index (χ1) is 14.9. The summed E-state index contributed by atoms with van der Waals surface area (Å²) in [5.74, 6) is 4.54. The SMILES string of the molecule is CC[Si](C#Cc1cc(C2CCC(O)CC2)n2nc(N[C@@H](C)COC)ncc12)(CC)CC. The number of nitrogens with zero attached hydrogens (tertiary/aromatic N) is 3. The van der Waals surface area contributed by atoms with Gasteiger partial charge in [-0.15, -0.1) is 10.6 Å². The number of aromatic nitrogens is 3. The molecule has 1 fully saturated rings. The Morgan fingerprint density at radius 2 is 1.90 bits per heavy atom. The smallest absolute Gasteiger partial charge is 0.241 e. The molecule has 0 bridgehead atoms. The highest BCUT2D eigenvalue weighted by molar-refractivity contribution is 6.87. The zero-order chi connectivity index (χ0) is 22.4. The molecule has 170 valence electrons.